The van der Waals surface area contributed by atoms with Gasteiger partial charge in [0, 0.05) is 18.8 Å². The van der Waals surface area contributed by atoms with Crippen molar-refractivity contribution in [2.75, 3.05) is 18.5 Å². The summed E-state index contributed by atoms with van der Waals surface area (Å²) in [5.41, 5.74) is 1.80. The van der Waals surface area contributed by atoms with Crippen molar-refractivity contribution in [2.24, 2.45) is 5.92 Å². The number of aliphatic hydroxyl groups excluding tert-OH is 1. The van der Waals surface area contributed by atoms with E-state index < -0.39 is 0 Å². The van der Waals surface area contributed by atoms with Gasteiger partial charge < -0.3 is 20.5 Å². The number of urea groups is 1. The highest BCUT2D eigenvalue weighted by atomic mass is 16.5. The standard InChI is InChI=1S/C17H26N2O3/c1-2-22-12-14-6-3-7-15(9-14)19-17(21)18-11-13-5-4-8-16(20)10-13/h3,6-7,9,13,16,20H,2,4-5,8,10-12H2,1H3,(H2,18,19,21). The van der Waals surface area contributed by atoms with Crippen LogP contribution in [0.1, 0.15) is 38.2 Å². The van der Waals surface area contributed by atoms with Gasteiger partial charge in [0.25, 0.3) is 0 Å². The lowest BCUT2D eigenvalue weighted by Gasteiger charge is -2.25. The summed E-state index contributed by atoms with van der Waals surface area (Å²) in [6, 6.07) is 7.46. The van der Waals surface area contributed by atoms with E-state index in [1.807, 2.05) is 31.2 Å². The van der Waals surface area contributed by atoms with Crippen LogP contribution in [0.15, 0.2) is 24.3 Å². The summed E-state index contributed by atoms with van der Waals surface area (Å²) in [5.74, 6) is 0.374. The fourth-order valence-electron chi connectivity index (χ4n) is 2.82. The first-order valence-electron chi connectivity index (χ1n) is 8.07. The van der Waals surface area contributed by atoms with Gasteiger partial charge in [0.2, 0.25) is 0 Å². The van der Waals surface area contributed by atoms with Crippen molar-refractivity contribution in [3.63, 3.8) is 0 Å². The lowest BCUT2D eigenvalue weighted by Crippen LogP contribution is -2.35. The molecule has 0 spiro atoms. The Bertz CT molecular complexity index is 479. The van der Waals surface area contributed by atoms with Crippen molar-refractivity contribution < 1.29 is 14.6 Å². The molecule has 0 saturated heterocycles. The molecular formula is C17H26N2O3. The third-order valence-electron chi connectivity index (χ3n) is 3.96. The summed E-state index contributed by atoms with van der Waals surface area (Å²) in [5, 5.41) is 15.4. The highest BCUT2D eigenvalue weighted by Crippen LogP contribution is 2.23. The van der Waals surface area contributed by atoms with Gasteiger partial charge in [-0.3, -0.25) is 0 Å². The van der Waals surface area contributed by atoms with Gasteiger partial charge in [-0.15, -0.1) is 0 Å². The number of hydrogen-bond donors (Lipinski definition) is 3. The van der Waals surface area contributed by atoms with Crippen LogP contribution in [0, 0.1) is 5.92 Å². The lowest BCUT2D eigenvalue weighted by molar-refractivity contribution is 0.101. The van der Waals surface area contributed by atoms with Gasteiger partial charge in [0.15, 0.2) is 0 Å². The molecule has 1 aliphatic carbocycles. The average Bonchev–Trinajstić information content (AvgIpc) is 2.51. The minimum Gasteiger partial charge on any atom is -0.393 e. The van der Waals surface area contributed by atoms with Gasteiger partial charge in [-0.2, -0.15) is 0 Å². The predicted molar refractivity (Wildman–Crippen MR) is 86.8 cm³/mol. The molecule has 0 aliphatic heterocycles. The first-order valence-corrected chi connectivity index (χ1v) is 8.07. The molecular weight excluding hydrogens is 280 g/mol. The third kappa shape index (κ3) is 5.66. The van der Waals surface area contributed by atoms with Gasteiger partial charge >= 0.3 is 6.03 Å². The summed E-state index contributed by atoms with van der Waals surface area (Å²) in [7, 11) is 0. The molecule has 22 heavy (non-hydrogen) atoms. The first-order chi connectivity index (χ1) is 10.7. The second-order valence-corrected chi connectivity index (χ2v) is 5.86. The van der Waals surface area contributed by atoms with Crippen molar-refractivity contribution in [2.45, 2.75) is 45.3 Å². The van der Waals surface area contributed by atoms with Crippen LogP contribution in [-0.2, 0) is 11.3 Å². The highest BCUT2D eigenvalue weighted by molar-refractivity contribution is 5.89. The molecule has 1 aromatic rings. The predicted octanol–water partition coefficient (Wildman–Crippen LogP) is 2.90. The van der Waals surface area contributed by atoms with Gasteiger partial charge in [-0.25, -0.2) is 4.79 Å². The Morgan fingerprint density at radius 1 is 1.41 bits per heavy atom. The van der Waals surface area contributed by atoms with E-state index in [1.54, 1.807) is 0 Å². The number of carbonyl (C=O) groups excluding carboxylic acids is 1. The quantitative estimate of drug-likeness (QED) is 0.757. The molecule has 3 N–H and O–H groups in total. The number of ether oxygens (including phenoxy) is 1. The average molecular weight is 306 g/mol. The largest absolute Gasteiger partial charge is 0.393 e. The number of carbonyl (C=O) groups is 1. The molecule has 2 unspecified atom stereocenters. The number of hydrogen-bond acceptors (Lipinski definition) is 3. The topological polar surface area (TPSA) is 70.6 Å². The highest BCUT2D eigenvalue weighted by Gasteiger charge is 2.20. The van der Waals surface area contributed by atoms with E-state index in [2.05, 4.69) is 10.6 Å². The van der Waals surface area contributed by atoms with Crippen LogP contribution in [0.4, 0.5) is 10.5 Å². The van der Waals surface area contributed by atoms with E-state index in [4.69, 9.17) is 4.74 Å². The summed E-state index contributed by atoms with van der Waals surface area (Å²) < 4.78 is 5.36. The molecule has 0 bridgehead atoms. The zero-order valence-corrected chi connectivity index (χ0v) is 13.2. The van der Waals surface area contributed by atoms with Crippen LogP contribution in [-0.4, -0.2) is 30.4 Å². The first kappa shape index (κ1) is 16.8. The molecule has 1 saturated carbocycles. The van der Waals surface area contributed by atoms with Gasteiger partial charge in [-0.05, 0) is 49.8 Å². The fraction of sp³-hybridized carbons (Fsp3) is 0.588. The second kappa shape index (κ2) is 8.76. The van der Waals surface area contributed by atoms with E-state index in [0.717, 1.165) is 36.9 Å². The molecule has 0 heterocycles. The number of nitrogens with one attached hydrogen (secondary N) is 2. The van der Waals surface area contributed by atoms with Gasteiger partial charge in [0.1, 0.15) is 0 Å². The van der Waals surface area contributed by atoms with Crippen molar-refractivity contribution in [1.29, 1.82) is 0 Å². The summed E-state index contributed by atoms with van der Waals surface area (Å²) >= 11 is 0. The summed E-state index contributed by atoms with van der Waals surface area (Å²) in [4.78, 5) is 11.9. The van der Waals surface area contributed by atoms with E-state index in [1.165, 1.54) is 0 Å². The minimum absolute atomic E-state index is 0.200. The van der Waals surface area contributed by atoms with Crippen LogP contribution >= 0.6 is 0 Å². The molecule has 0 radical (unpaired) electrons. The van der Waals surface area contributed by atoms with E-state index in [9.17, 15) is 9.90 Å². The molecule has 1 fully saturated rings. The molecule has 1 aromatic carbocycles. The van der Waals surface area contributed by atoms with Crippen LogP contribution in [0.5, 0.6) is 0 Å². The van der Waals surface area contributed by atoms with E-state index >= 15 is 0 Å². The van der Waals surface area contributed by atoms with Crippen LogP contribution in [0.25, 0.3) is 0 Å². The maximum Gasteiger partial charge on any atom is 0.319 e. The minimum atomic E-state index is -0.209. The fourth-order valence-corrected chi connectivity index (χ4v) is 2.82. The molecule has 2 atom stereocenters. The van der Waals surface area contributed by atoms with Crippen molar-refractivity contribution in [3.05, 3.63) is 29.8 Å². The lowest BCUT2D eigenvalue weighted by atomic mass is 9.87. The number of aliphatic hydroxyl groups is 1. The molecule has 2 rings (SSSR count). The van der Waals surface area contributed by atoms with Crippen molar-refractivity contribution in [3.8, 4) is 0 Å². The number of rotatable bonds is 6. The van der Waals surface area contributed by atoms with Gasteiger partial charge in [0.05, 0.1) is 12.7 Å². The molecule has 1 aliphatic rings. The summed E-state index contributed by atoms with van der Waals surface area (Å²) in [6.45, 7) is 3.79. The monoisotopic (exact) mass is 306 g/mol. The van der Waals surface area contributed by atoms with Gasteiger partial charge in [-0.1, -0.05) is 18.6 Å². The Labute approximate surface area is 132 Å². The Balaban J connectivity index is 1.76. The number of benzene rings is 1. The van der Waals surface area contributed by atoms with E-state index in [0.29, 0.717) is 25.7 Å². The van der Waals surface area contributed by atoms with Crippen molar-refractivity contribution >= 4 is 11.7 Å². The maximum atomic E-state index is 11.9. The van der Waals surface area contributed by atoms with Crippen LogP contribution in [0.2, 0.25) is 0 Å². The smallest absolute Gasteiger partial charge is 0.319 e. The second-order valence-electron chi connectivity index (χ2n) is 5.86. The van der Waals surface area contributed by atoms with Crippen LogP contribution < -0.4 is 10.6 Å². The Hall–Kier alpha value is -1.59. The van der Waals surface area contributed by atoms with E-state index in [-0.39, 0.29) is 12.1 Å². The van der Waals surface area contributed by atoms with Crippen molar-refractivity contribution in [1.82, 2.24) is 5.32 Å². The zero-order chi connectivity index (χ0) is 15.8. The number of anilines is 1. The zero-order valence-electron chi connectivity index (χ0n) is 13.2. The number of amides is 2. The normalized spacial score (nSPS) is 21.4. The molecule has 0 aromatic heterocycles. The SMILES string of the molecule is CCOCc1cccc(NC(=O)NCC2CCCC(O)C2)c1. The molecule has 122 valence electrons. The molecule has 2 amide bonds. The Kier molecular flexibility index (Phi) is 6.68. The van der Waals surface area contributed by atoms with Crippen LogP contribution in [0.3, 0.4) is 0 Å². The third-order valence-corrected chi connectivity index (χ3v) is 3.96. The Morgan fingerprint density at radius 3 is 3.05 bits per heavy atom. The molecule has 5 heteroatoms. The Morgan fingerprint density at radius 2 is 2.27 bits per heavy atom. The maximum absolute atomic E-state index is 11.9. The summed E-state index contributed by atoms with van der Waals surface area (Å²) in [6.07, 6.45) is 3.56. The molecule has 5 nitrogen and oxygen atoms in total.